The van der Waals surface area contributed by atoms with Crippen molar-refractivity contribution in [3.63, 3.8) is 0 Å². The molecule has 0 amide bonds. The van der Waals surface area contributed by atoms with Crippen LogP contribution in [0.25, 0.3) is 0 Å². The molecule has 0 aliphatic carbocycles. The number of unbranched alkanes of at least 4 members (excludes halogenated alkanes) is 3. The summed E-state index contributed by atoms with van der Waals surface area (Å²) >= 11 is 0. The number of aromatic hydroxyl groups is 3. The molecule has 34 heavy (non-hydrogen) atoms. The van der Waals surface area contributed by atoms with E-state index in [0.717, 1.165) is 44.6 Å². The van der Waals surface area contributed by atoms with Crippen molar-refractivity contribution < 1.29 is 34.5 Å². The number of phenolic OH excluding ortho intramolecular Hbond substituents is 3. The van der Waals surface area contributed by atoms with Gasteiger partial charge >= 0.3 is 201 Å². The summed E-state index contributed by atoms with van der Waals surface area (Å²) in [6, 6.07) is 7.82. The van der Waals surface area contributed by atoms with E-state index < -0.39 is 18.8 Å². The van der Waals surface area contributed by atoms with Gasteiger partial charge in [-0.1, -0.05) is 0 Å². The fourth-order valence-electron chi connectivity index (χ4n) is 4.58. The van der Waals surface area contributed by atoms with Crippen LogP contribution in [0.3, 0.4) is 0 Å². The Kier molecular flexibility index (Phi) is 9.34. The van der Waals surface area contributed by atoms with Crippen LogP contribution in [0.15, 0.2) is 36.4 Å². The molecule has 0 unspecified atom stereocenters. The molecule has 4 N–H and O–H groups in total. The van der Waals surface area contributed by atoms with Gasteiger partial charge in [0, 0.05) is 0 Å². The van der Waals surface area contributed by atoms with Gasteiger partial charge in [0.2, 0.25) is 0 Å². The van der Waals surface area contributed by atoms with Gasteiger partial charge in [0.05, 0.1) is 0 Å². The van der Waals surface area contributed by atoms with E-state index in [1.807, 2.05) is 20.8 Å². The third-order valence-corrected chi connectivity index (χ3v) is 12.7. The number of carboxylic acid groups (broad SMARTS) is 1. The van der Waals surface area contributed by atoms with Crippen LogP contribution in [0.4, 0.5) is 0 Å². The molecule has 7 nitrogen and oxygen atoms in total. The molecule has 8 heteroatoms. The van der Waals surface area contributed by atoms with Crippen molar-refractivity contribution in [2.24, 2.45) is 0 Å². The zero-order valence-electron chi connectivity index (χ0n) is 20.3. The first-order chi connectivity index (χ1) is 16.1. The average molecular weight is 493 g/mol. The molecule has 0 saturated heterocycles. The van der Waals surface area contributed by atoms with E-state index in [2.05, 4.69) is 0 Å². The second-order valence-corrected chi connectivity index (χ2v) is 14.2. The normalized spacial score (nSPS) is 12.6. The Balaban J connectivity index is 2.84. The molecular formula is C26H37O7P. The van der Waals surface area contributed by atoms with Gasteiger partial charge in [-0.05, 0) is 0 Å². The molecule has 0 aliphatic rings. The van der Waals surface area contributed by atoms with Crippen LogP contribution in [-0.2, 0) is 4.52 Å². The molecule has 2 aromatic carbocycles. The molecule has 0 heterocycles. The van der Waals surface area contributed by atoms with Gasteiger partial charge in [-0.15, -0.1) is 0 Å². The first-order valence-corrected chi connectivity index (χ1v) is 14.7. The fraction of sp³-hybridized carbons (Fsp3) is 0.462. The SMILES string of the molecule is CCCCP(CCCC)(CCCC)(OC(=O)c1cc(O)ccc1C(=O)O)c1cc(O)ccc1O. The van der Waals surface area contributed by atoms with Crippen LogP contribution in [0.5, 0.6) is 17.2 Å². The Bertz CT molecular complexity index is 994. The van der Waals surface area contributed by atoms with Gasteiger partial charge in [0.25, 0.3) is 0 Å². The molecule has 0 radical (unpaired) electrons. The molecule has 0 spiro atoms. The van der Waals surface area contributed by atoms with E-state index in [1.165, 1.54) is 30.3 Å². The summed E-state index contributed by atoms with van der Waals surface area (Å²) < 4.78 is 6.53. The summed E-state index contributed by atoms with van der Waals surface area (Å²) in [6.45, 7) is 2.37. The Hall–Kier alpha value is -2.79. The van der Waals surface area contributed by atoms with Crippen molar-refractivity contribution >= 4 is 24.1 Å². The van der Waals surface area contributed by atoms with Crippen LogP contribution in [0.2, 0.25) is 0 Å². The number of benzene rings is 2. The Morgan fingerprint density at radius 1 is 0.765 bits per heavy atom. The van der Waals surface area contributed by atoms with Crippen LogP contribution >= 0.6 is 6.83 Å². The average Bonchev–Trinajstić information content (AvgIpc) is 2.81. The number of hydrogen-bond donors (Lipinski definition) is 4. The number of rotatable bonds is 13. The molecule has 0 fully saturated rings. The van der Waals surface area contributed by atoms with E-state index in [0.29, 0.717) is 23.8 Å². The monoisotopic (exact) mass is 492 g/mol. The Morgan fingerprint density at radius 3 is 1.76 bits per heavy atom. The van der Waals surface area contributed by atoms with Crippen molar-refractivity contribution in [1.82, 2.24) is 0 Å². The van der Waals surface area contributed by atoms with E-state index in [9.17, 15) is 30.0 Å². The maximum absolute atomic E-state index is 13.7. The zero-order valence-corrected chi connectivity index (χ0v) is 21.2. The Labute approximate surface area is 201 Å². The quantitative estimate of drug-likeness (QED) is 0.204. The predicted octanol–water partition coefficient (Wildman–Crippen LogP) is 5.85. The van der Waals surface area contributed by atoms with Crippen molar-refractivity contribution in [2.75, 3.05) is 18.5 Å². The third-order valence-electron chi connectivity index (χ3n) is 6.44. The van der Waals surface area contributed by atoms with Gasteiger partial charge in [-0.2, -0.15) is 0 Å². The number of carboxylic acids is 1. The van der Waals surface area contributed by atoms with Crippen LogP contribution in [0.1, 0.15) is 80.0 Å². The van der Waals surface area contributed by atoms with E-state index in [1.54, 1.807) is 0 Å². The molecule has 2 aromatic rings. The van der Waals surface area contributed by atoms with Crippen LogP contribution < -0.4 is 5.30 Å². The molecule has 0 aromatic heterocycles. The minimum atomic E-state index is -3.73. The van der Waals surface area contributed by atoms with Gasteiger partial charge in [0.15, 0.2) is 0 Å². The summed E-state index contributed by atoms with van der Waals surface area (Å²) in [7, 11) is 0. The number of aromatic carboxylic acids is 1. The predicted molar refractivity (Wildman–Crippen MR) is 136 cm³/mol. The molecule has 0 saturated carbocycles. The summed E-state index contributed by atoms with van der Waals surface area (Å²) in [4.78, 5) is 25.5. The Morgan fingerprint density at radius 2 is 1.26 bits per heavy atom. The van der Waals surface area contributed by atoms with Crippen LogP contribution in [-0.4, -0.2) is 50.9 Å². The molecule has 188 valence electrons. The fourth-order valence-corrected chi connectivity index (χ4v) is 11.1. The second kappa shape index (κ2) is 11.6. The van der Waals surface area contributed by atoms with Gasteiger partial charge in [-0.25, -0.2) is 0 Å². The van der Waals surface area contributed by atoms with Gasteiger partial charge < -0.3 is 0 Å². The summed E-state index contributed by atoms with van der Waals surface area (Å²) in [5, 5.41) is 41.4. The maximum atomic E-state index is 13.7. The van der Waals surface area contributed by atoms with Crippen molar-refractivity contribution in [3.8, 4) is 17.2 Å². The number of phenols is 3. The standard InChI is InChI=1S/C26H37O7P/c1-4-7-14-34(15-8-5-2,16-9-6-3,24-18-20(28)11-13-23(24)29)33-26(32)22-17-19(27)10-12-21(22)25(30)31/h10-13,17-18,27-29H,4-9,14-16H2,1-3H3,(H,30,31). The molecule has 0 atom stereocenters. The number of carbonyl (C=O) groups excluding carboxylic acids is 1. The topological polar surface area (TPSA) is 124 Å². The van der Waals surface area contributed by atoms with Crippen molar-refractivity contribution in [1.29, 1.82) is 0 Å². The van der Waals surface area contributed by atoms with Crippen molar-refractivity contribution in [3.05, 3.63) is 47.5 Å². The molecular weight excluding hydrogens is 455 g/mol. The van der Waals surface area contributed by atoms with E-state index in [-0.39, 0.29) is 28.4 Å². The summed E-state index contributed by atoms with van der Waals surface area (Å²) in [5.74, 6) is -2.46. The molecule has 2 rings (SSSR count). The van der Waals surface area contributed by atoms with Crippen molar-refractivity contribution in [2.45, 2.75) is 59.3 Å². The number of hydrogen-bond acceptors (Lipinski definition) is 6. The first kappa shape index (κ1) is 27.5. The number of carbonyl (C=O) groups is 2. The molecule has 0 aliphatic heterocycles. The third kappa shape index (κ3) is 5.82. The van der Waals surface area contributed by atoms with Crippen LogP contribution in [0, 0.1) is 0 Å². The first-order valence-electron chi connectivity index (χ1n) is 12.0. The van der Waals surface area contributed by atoms with E-state index >= 15 is 0 Å². The summed E-state index contributed by atoms with van der Waals surface area (Å²) in [6.07, 6.45) is 6.27. The summed E-state index contributed by atoms with van der Waals surface area (Å²) in [5.41, 5.74) is -0.494. The second-order valence-electron chi connectivity index (χ2n) is 8.94. The van der Waals surface area contributed by atoms with E-state index in [4.69, 9.17) is 4.52 Å². The van der Waals surface area contributed by atoms with Gasteiger partial charge in [0.1, 0.15) is 0 Å². The molecule has 0 bridgehead atoms. The minimum absolute atomic E-state index is 0.0362. The van der Waals surface area contributed by atoms with Gasteiger partial charge in [-0.3, -0.25) is 0 Å². The zero-order chi connectivity index (χ0) is 25.4.